The van der Waals surface area contributed by atoms with E-state index in [1.165, 1.54) is 0 Å². The predicted octanol–water partition coefficient (Wildman–Crippen LogP) is 4.81. The number of carbonyl (C=O) groups excluding carboxylic acids is 1. The second kappa shape index (κ2) is 5.85. The number of hydrogen-bond acceptors (Lipinski definition) is 3. The van der Waals surface area contributed by atoms with Crippen LogP contribution in [0.3, 0.4) is 0 Å². The number of fused-ring (bicyclic) bond motifs is 1. The predicted molar refractivity (Wildman–Crippen MR) is 91.4 cm³/mol. The first-order chi connectivity index (χ1) is 10.5. The summed E-state index contributed by atoms with van der Waals surface area (Å²) in [7, 11) is 0. The van der Waals surface area contributed by atoms with Crippen LogP contribution in [0.15, 0.2) is 50.6 Å². The van der Waals surface area contributed by atoms with Gasteiger partial charge < -0.3 is 9.47 Å². The second-order valence-corrected chi connectivity index (χ2v) is 7.37. The van der Waals surface area contributed by atoms with Crippen LogP contribution < -0.4 is 0 Å². The highest BCUT2D eigenvalue weighted by atomic mass is 79.9. The van der Waals surface area contributed by atoms with Gasteiger partial charge in [0.05, 0.1) is 12.2 Å². The molecule has 3 nitrogen and oxygen atoms in total. The standard InChI is InChI=1S/C17H16Br2O3/c1-3-21-16(20)15-10(2)22-17(9-13(19)8-14(15)17)11-4-6-12(18)7-5-11/h4-7,9,14H,3,8H2,1-2H3/t14-,17+/m0/s1. The first-order valence-corrected chi connectivity index (χ1v) is 8.76. The molecule has 1 aromatic carbocycles. The minimum absolute atomic E-state index is 0.0536. The third-order valence-corrected chi connectivity index (χ3v) is 5.21. The van der Waals surface area contributed by atoms with Crippen LogP contribution in [0.2, 0.25) is 0 Å². The summed E-state index contributed by atoms with van der Waals surface area (Å²) in [6.07, 6.45) is 2.80. The third kappa shape index (κ3) is 2.44. The number of allylic oxidation sites excluding steroid dienone is 2. The molecule has 116 valence electrons. The third-order valence-electron chi connectivity index (χ3n) is 4.13. The van der Waals surface area contributed by atoms with E-state index in [0.717, 1.165) is 20.9 Å². The molecule has 0 aromatic heterocycles. The van der Waals surface area contributed by atoms with Crippen molar-refractivity contribution >= 4 is 37.8 Å². The van der Waals surface area contributed by atoms with Crippen LogP contribution in [0.4, 0.5) is 0 Å². The van der Waals surface area contributed by atoms with E-state index >= 15 is 0 Å². The SMILES string of the molecule is CCOC(=O)C1=C(C)O[C@@]2(c3ccc(Br)cc3)C=C(Br)C[C@@H]12. The zero-order chi connectivity index (χ0) is 15.9. The monoisotopic (exact) mass is 426 g/mol. The van der Waals surface area contributed by atoms with Crippen LogP contribution in [0.1, 0.15) is 25.8 Å². The smallest absolute Gasteiger partial charge is 0.337 e. The van der Waals surface area contributed by atoms with E-state index in [2.05, 4.69) is 37.9 Å². The van der Waals surface area contributed by atoms with Crippen molar-refractivity contribution in [2.24, 2.45) is 5.92 Å². The van der Waals surface area contributed by atoms with Crippen LogP contribution in [0.25, 0.3) is 0 Å². The van der Waals surface area contributed by atoms with Crippen molar-refractivity contribution in [2.45, 2.75) is 25.9 Å². The molecule has 2 atom stereocenters. The van der Waals surface area contributed by atoms with Crippen molar-refractivity contribution < 1.29 is 14.3 Å². The van der Waals surface area contributed by atoms with Gasteiger partial charge >= 0.3 is 5.97 Å². The number of benzene rings is 1. The van der Waals surface area contributed by atoms with E-state index < -0.39 is 5.60 Å². The number of carbonyl (C=O) groups is 1. The van der Waals surface area contributed by atoms with Crippen LogP contribution >= 0.6 is 31.9 Å². The first-order valence-electron chi connectivity index (χ1n) is 7.18. The molecule has 0 unspecified atom stereocenters. The Balaban J connectivity index is 2.04. The molecule has 0 saturated carbocycles. The van der Waals surface area contributed by atoms with Crippen molar-refractivity contribution in [3.8, 4) is 0 Å². The molecule has 1 aromatic rings. The van der Waals surface area contributed by atoms with E-state index in [1.807, 2.05) is 38.1 Å². The van der Waals surface area contributed by atoms with Gasteiger partial charge in [-0.2, -0.15) is 0 Å². The van der Waals surface area contributed by atoms with Gasteiger partial charge in [0.2, 0.25) is 0 Å². The van der Waals surface area contributed by atoms with Crippen molar-refractivity contribution in [1.82, 2.24) is 0 Å². The average Bonchev–Trinajstić information content (AvgIpc) is 2.90. The zero-order valence-electron chi connectivity index (χ0n) is 12.4. The number of ether oxygens (including phenoxy) is 2. The maximum atomic E-state index is 12.3. The van der Waals surface area contributed by atoms with E-state index in [-0.39, 0.29) is 11.9 Å². The second-order valence-electron chi connectivity index (χ2n) is 5.44. The Bertz CT molecular complexity index is 676. The van der Waals surface area contributed by atoms with Gasteiger partial charge in [-0.1, -0.05) is 44.0 Å². The molecule has 0 amide bonds. The molecular formula is C17H16Br2O3. The Morgan fingerprint density at radius 1 is 1.36 bits per heavy atom. The maximum Gasteiger partial charge on any atom is 0.337 e. The summed E-state index contributed by atoms with van der Waals surface area (Å²) in [5, 5.41) is 0. The number of hydrogen-bond donors (Lipinski definition) is 0. The highest BCUT2D eigenvalue weighted by Gasteiger charge is 2.54. The molecule has 1 aliphatic carbocycles. The Kier molecular flexibility index (Phi) is 4.21. The zero-order valence-corrected chi connectivity index (χ0v) is 15.5. The van der Waals surface area contributed by atoms with E-state index in [0.29, 0.717) is 17.9 Å². The maximum absolute atomic E-state index is 12.3. The van der Waals surface area contributed by atoms with Crippen molar-refractivity contribution in [3.63, 3.8) is 0 Å². The van der Waals surface area contributed by atoms with Gasteiger partial charge in [0.25, 0.3) is 0 Å². The topological polar surface area (TPSA) is 35.5 Å². The summed E-state index contributed by atoms with van der Waals surface area (Å²) < 4.78 is 13.5. The lowest BCUT2D eigenvalue weighted by molar-refractivity contribution is -0.139. The van der Waals surface area contributed by atoms with Gasteiger partial charge in [0, 0.05) is 16.0 Å². The number of esters is 1. The van der Waals surface area contributed by atoms with Crippen LogP contribution in [0.5, 0.6) is 0 Å². The average molecular weight is 428 g/mol. The molecule has 0 bridgehead atoms. The van der Waals surface area contributed by atoms with Gasteiger partial charge in [0.1, 0.15) is 5.76 Å². The van der Waals surface area contributed by atoms with Gasteiger partial charge in [-0.3, -0.25) is 0 Å². The highest BCUT2D eigenvalue weighted by Crippen LogP contribution is 2.55. The Hall–Kier alpha value is -1.07. The Labute approximate surface area is 146 Å². The van der Waals surface area contributed by atoms with Crippen LogP contribution in [-0.2, 0) is 19.9 Å². The molecule has 1 aliphatic heterocycles. The van der Waals surface area contributed by atoms with Crippen molar-refractivity contribution in [3.05, 3.63) is 56.2 Å². The summed E-state index contributed by atoms with van der Waals surface area (Å²) in [5.74, 6) is 0.323. The lowest BCUT2D eigenvalue weighted by Gasteiger charge is -2.29. The van der Waals surface area contributed by atoms with Crippen LogP contribution in [0, 0.1) is 5.92 Å². The van der Waals surface area contributed by atoms with Crippen molar-refractivity contribution in [1.29, 1.82) is 0 Å². The highest BCUT2D eigenvalue weighted by molar-refractivity contribution is 9.11. The summed E-state index contributed by atoms with van der Waals surface area (Å²) in [4.78, 5) is 12.3. The number of halogens is 2. The van der Waals surface area contributed by atoms with Gasteiger partial charge in [-0.25, -0.2) is 4.79 Å². The lowest BCUT2D eigenvalue weighted by atomic mass is 9.81. The molecule has 0 radical (unpaired) electrons. The lowest BCUT2D eigenvalue weighted by Crippen LogP contribution is -2.30. The molecule has 0 N–H and O–H groups in total. The van der Waals surface area contributed by atoms with E-state index in [9.17, 15) is 4.79 Å². The fourth-order valence-corrected chi connectivity index (χ4v) is 4.19. The van der Waals surface area contributed by atoms with E-state index in [1.54, 1.807) is 0 Å². The largest absolute Gasteiger partial charge is 0.482 e. The summed E-state index contributed by atoms with van der Waals surface area (Å²) in [6.45, 7) is 4.02. The quantitative estimate of drug-likeness (QED) is 0.649. The van der Waals surface area contributed by atoms with Gasteiger partial charge in [0.15, 0.2) is 5.60 Å². The van der Waals surface area contributed by atoms with Gasteiger partial charge in [-0.15, -0.1) is 0 Å². The summed E-state index contributed by atoms with van der Waals surface area (Å²) >= 11 is 7.03. The summed E-state index contributed by atoms with van der Waals surface area (Å²) in [6, 6.07) is 8.03. The Morgan fingerprint density at radius 3 is 2.68 bits per heavy atom. The normalized spacial score (nSPS) is 26.5. The number of rotatable bonds is 3. The van der Waals surface area contributed by atoms with E-state index in [4.69, 9.17) is 9.47 Å². The molecule has 0 saturated heterocycles. The Morgan fingerprint density at radius 2 is 2.05 bits per heavy atom. The molecule has 22 heavy (non-hydrogen) atoms. The van der Waals surface area contributed by atoms with Crippen LogP contribution in [-0.4, -0.2) is 12.6 Å². The molecule has 0 fully saturated rings. The molecule has 1 heterocycles. The van der Waals surface area contributed by atoms with Crippen molar-refractivity contribution in [2.75, 3.05) is 6.61 Å². The fourth-order valence-electron chi connectivity index (χ4n) is 3.26. The molecule has 3 rings (SSSR count). The molecule has 5 heteroatoms. The van der Waals surface area contributed by atoms with Gasteiger partial charge in [-0.05, 0) is 43.0 Å². The summed E-state index contributed by atoms with van der Waals surface area (Å²) in [5.41, 5.74) is 1.07. The molecule has 2 aliphatic rings. The minimum atomic E-state index is -0.619. The minimum Gasteiger partial charge on any atom is -0.482 e. The first kappa shape index (κ1) is 15.8. The molecular weight excluding hydrogens is 412 g/mol. The fraction of sp³-hybridized carbons (Fsp3) is 0.353. The molecule has 0 spiro atoms.